The van der Waals surface area contributed by atoms with E-state index in [1.54, 1.807) is 6.92 Å². The molecule has 3 N–H and O–H groups in total. The first-order chi connectivity index (χ1) is 7.90. The second kappa shape index (κ2) is 4.27. The predicted octanol–water partition coefficient (Wildman–Crippen LogP) is 1.55. The van der Waals surface area contributed by atoms with Gasteiger partial charge in [0.15, 0.2) is 0 Å². The minimum atomic E-state index is -3.59. The molecule has 0 saturated heterocycles. The molecule has 0 spiro atoms. The number of nitrogens with two attached hydrogens (primary N) is 1. The van der Waals surface area contributed by atoms with Crippen molar-refractivity contribution in [3.63, 3.8) is 0 Å². The lowest BCUT2D eigenvalue weighted by molar-refractivity contribution is 0.383. The average Bonchev–Trinajstić information content (AvgIpc) is 2.17. The molecule has 94 valence electrons. The van der Waals surface area contributed by atoms with E-state index in [1.165, 1.54) is 6.07 Å². The normalized spacial score (nSPS) is 16.8. The summed E-state index contributed by atoms with van der Waals surface area (Å²) in [5.41, 5.74) is 5.61. The van der Waals surface area contributed by atoms with E-state index in [-0.39, 0.29) is 16.6 Å². The number of halogens is 1. The Balaban J connectivity index is 2.35. The number of rotatable bonds is 3. The Labute approximate surface area is 100 Å². The zero-order chi connectivity index (χ0) is 12.6. The number of sulfonamides is 1. The number of anilines is 1. The summed E-state index contributed by atoms with van der Waals surface area (Å²) in [6, 6.07) is 2.32. The van der Waals surface area contributed by atoms with Crippen LogP contribution in [0.5, 0.6) is 0 Å². The van der Waals surface area contributed by atoms with Crippen molar-refractivity contribution < 1.29 is 12.8 Å². The van der Waals surface area contributed by atoms with Gasteiger partial charge in [0.25, 0.3) is 0 Å². The zero-order valence-electron chi connectivity index (χ0n) is 9.53. The molecule has 0 bridgehead atoms. The molecule has 6 heteroatoms. The Kier molecular flexibility index (Phi) is 3.09. The first kappa shape index (κ1) is 12.3. The van der Waals surface area contributed by atoms with Crippen LogP contribution in [0, 0.1) is 12.7 Å². The predicted molar refractivity (Wildman–Crippen MR) is 63.5 cm³/mol. The van der Waals surface area contributed by atoms with Crippen molar-refractivity contribution in [1.82, 2.24) is 4.72 Å². The molecule has 0 radical (unpaired) electrons. The van der Waals surface area contributed by atoms with E-state index in [0.717, 1.165) is 25.3 Å². The molecule has 1 aromatic rings. The number of aryl methyl sites for hydroxylation is 1. The summed E-state index contributed by atoms with van der Waals surface area (Å²) in [5.74, 6) is -0.593. The monoisotopic (exact) mass is 258 g/mol. The standard InChI is InChI=1S/C11H15FN2O2S/c1-7-5-9(12)10(13)6-11(7)17(15,16)14-8-3-2-4-8/h5-6,8,14H,2-4,13H2,1H3. The van der Waals surface area contributed by atoms with Crippen molar-refractivity contribution in [3.05, 3.63) is 23.5 Å². The molecule has 1 aromatic carbocycles. The van der Waals surface area contributed by atoms with E-state index >= 15 is 0 Å². The van der Waals surface area contributed by atoms with Crippen molar-refractivity contribution in [3.8, 4) is 0 Å². The summed E-state index contributed by atoms with van der Waals surface area (Å²) in [7, 11) is -3.59. The van der Waals surface area contributed by atoms with E-state index in [4.69, 9.17) is 5.73 Å². The van der Waals surface area contributed by atoms with Crippen LogP contribution in [0.15, 0.2) is 17.0 Å². The van der Waals surface area contributed by atoms with Crippen LogP contribution in [-0.2, 0) is 10.0 Å². The van der Waals surface area contributed by atoms with Crippen molar-refractivity contribution in [2.45, 2.75) is 37.1 Å². The molecule has 0 aromatic heterocycles. The third kappa shape index (κ3) is 2.42. The van der Waals surface area contributed by atoms with Gasteiger partial charge in [-0.3, -0.25) is 0 Å². The van der Waals surface area contributed by atoms with Crippen molar-refractivity contribution in [2.75, 3.05) is 5.73 Å². The Morgan fingerprint density at radius 3 is 2.59 bits per heavy atom. The maximum atomic E-state index is 13.1. The van der Waals surface area contributed by atoms with Gasteiger partial charge in [-0.2, -0.15) is 0 Å². The summed E-state index contributed by atoms with van der Waals surface area (Å²) in [4.78, 5) is 0.0586. The molecule has 2 rings (SSSR count). The van der Waals surface area contributed by atoms with Gasteiger partial charge in [0.1, 0.15) is 5.82 Å². The maximum Gasteiger partial charge on any atom is 0.241 e. The Morgan fingerprint density at radius 2 is 2.06 bits per heavy atom. The molecule has 1 fully saturated rings. The van der Waals surface area contributed by atoms with Gasteiger partial charge in [0.05, 0.1) is 10.6 Å². The highest BCUT2D eigenvalue weighted by Crippen LogP contribution is 2.25. The Hall–Kier alpha value is -1.14. The number of nitrogen functional groups attached to an aromatic ring is 1. The highest BCUT2D eigenvalue weighted by Gasteiger charge is 2.26. The summed E-state index contributed by atoms with van der Waals surface area (Å²) in [6.07, 6.45) is 2.75. The molecule has 1 saturated carbocycles. The van der Waals surface area contributed by atoms with Gasteiger partial charge in [-0.15, -0.1) is 0 Å². The Bertz CT molecular complexity index is 539. The highest BCUT2D eigenvalue weighted by molar-refractivity contribution is 7.89. The number of hydrogen-bond donors (Lipinski definition) is 2. The molecular formula is C11H15FN2O2S. The molecule has 17 heavy (non-hydrogen) atoms. The van der Waals surface area contributed by atoms with Crippen LogP contribution in [0.2, 0.25) is 0 Å². The third-order valence-corrected chi connectivity index (χ3v) is 4.67. The lowest BCUT2D eigenvalue weighted by Crippen LogP contribution is -2.39. The first-order valence-electron chi connectivity index (χ1n) is 5.48. The van der Waals surface area contributed by atoms with Gasteiger partial charge in [0, 0.05) is 6.04 Å². The van der Waals surface area contributed by atoms with E-state index < -0.39 is 15.8 Å². The third-order valence-electron chi connectivity index (χ3n) is 3.01. The van der Waals surface area contributed by atoms with Crippen molar-refractivity contribution >= 4 is 15.7 Å². The second-order valence-corrected chi connectivity index (χ2v) is 6.07. The van der Waals surface area contributed by atoms with Crippen LogP contribution in [0.25, 0.3) is 0 Å². The molecule has 0 amide bonds. The highest BCUT2D eigenvalue weighted by atomic mass is 32.2. The summed E-state index contributed by atoms with van der Waals surface area (Å²) in [5, 5.41) is 0. The fourth-order valence-electron chi connectivity index (χ4n) is 1.77. The quantitative estimate of drug-likeness (QED) is 0.808. The summed E-state index contributed by atoms with van der Waals surface area (Å²) >= 11 is 0. The van der Waals surface area contributed by atoms with E-state index in [0.29, 0.717) is 5.56 Å². The van der Waals surface area contributed by atoms with Gasteiger partial charge < -0.3 is 5.73 Å². The van der Waals surface area contributed by atoms with Gasteiger partial charge in [-0.25, -0.2) is 17.5 Å². The minimum Gasteiger partial charge on any atom is -0.396 e. The number of hydrogen-bond acceptors (Lipinski definition) is 3. The summed E-state index contributed by atoms with van der Waals surface area (Å²) < 4.78 is 39.8. The van der Waals surface area contributed by atoms with Crippen molar-refractivity contribution in [2.24, 2.45) is 0 Å². The average molecular weight is 258 g/mol. The number of benzene rings is 1. The fourth-order valence-corrected chi connectivity index (χ4v) is 3.33. The molecule has 0 aliphatic heterocycles. The molecule has 1 aliphatic carbocycles. The molecule has 1 aliphatic rings. The fraction of sp³-hybridized carbons (Fsp3) is 0.455. The lowest BCUT2D eigenvalue weighted by atomic mass is 9.94. The topological polar surface area (TPSA) is 72.2 Å². The van der Waals surface area contributed by atoms with Crippen molar-refractivity contribution in [1.29, 1.82) is 0 Å². The Morgan fingerprint density at radius 1 is 1.41 bits per heavy atom. The van der Waals surface area contributed by atoms with Crippen LogP contribution < -0.4 is 10.5 Å². The van der Waals surface area contributed by atoms with Crippen LogP contribution in [0.3, 0.4) is 0 Å². The second-order valence-electron chi connectivity index (χ2n) is 4.39. The van der Waals surface area contributed by atoms with Crippen LogP contribution in [0.4, 0.5) is 10.1 Å². The van der Waals surface area contributed by atoms with Gasteiger partial charge in [0.2, 0.25) is 10.0 Å². The number of nitrogens with one attached hydrogen (secondary N) is 1. The van der Waals surface area contributed by atoms with E-state index in [2.05, 4.69) is 4.72 Å². The van der Waals surface area contributed by atoms with Crippen LogP contribution >= 0.6 is 0 Å². The molecule has 4 nitrogen and oxygen atoms in total. The molecule has 0 heterocycles. The van der Waals surface area contributed by atoms with Gasteiger partial charge in [-0.1, -0.05) is 6.42 Å². The first-order valence-corrected chi connectivity index (χ1v) is 6.96. The smallest absolute Gasteiger partial charge is 0.241 e. The molecule has 0 atom stereocenters. The lowest BCUT2D eigenvalue weighted by Gasteiger charge is -2.26. The maximum absolute atomic E-state index is 13.1. The van der Waals surface area contributed by atoms with Crippen LogP contribution in [-0.4, -0.2) is 14.5 Å². The molecule has 0 unspecified atom stereocenters. The van der Waals surface area contributed by atoms with Gasteiger partial charge >= 0.3 is 0 Å². The van der Waals surface area contributed by atoms with E-state index in [1.807, 2.05) is 0 Å². The largest absolute Gasteiger partial charge is 0.396 e. The van der Waals surface area contributed by atoms with E-state index in [9.17, 15) is 12.8 Å². The summed E-state index contributed by atoms with van der Waals surface area (Å²) in [6.45, 7) is 1.55. The van der Waals surface area contributed by atoms with Gasteiger partial charge in [-0.05, 0) is 37.5 Å². The SMILES string of the molecule is Cc1cc(F)c(N)cc1S(=O)(=O)NC1CCC1. The van der Waals surface area contributed by atoms with Crippen LogP contribution in [0.1, 0.15) is 24.8 Å². The molecular weight excluding hydrogens is 243 g/mol. The zero-order valence-corrected chi connectivity index (χ0v) is 10.3. The minimum absolute atomic E-state index is 0.00526.